The van der Waals surface area contributed by atoms with Crippen LogP contribution in [0.3, 0.4) is 0 Å². The zero-order valence-electron chi connectivity index (χ0n) is 36.8. The van der Waals surface area contributed by atoms with Crippen LogP contribution in [0.15, 0.2) is 72.8 Å². The molecule has 12 heteroatoms. The number of ether oxygens (including phenoxy) is 6. The first-order valence-electron chi connectivity index (χ1n) is 23.0. The van der Waals surface area contributed by atoms with Crippen LogP contribution in [0.4, 0.5) is 0 Å². The van der Waals surface area contributed by atoms with Crippen LogP contribution in [0.5, 0.6) is 40.2 Å². The molecule has 0 saturated heterocycles. The maximum atomic E-state index is 13.0. The summed E-state index contributed by atoms with van der Waals surface area (Å²) in [4.78, 5) is 0. The molecule has 1 saturated carbocycles. The Balaban J connectivity index is 1.18. The lowest BCUT2D eigenvalue weighted by atomic mass is 9.71. The molecule has 0 bridgehead atoms. The average Bonchev–Trinajstić information content (AvgIpc) is 3.80. The molecule has 3 heterocycles. The van der Waals surface area contributed by atoms with Crippen molar-refractivity contribution in [1.82, 2.24) is 5.32 Å². The molecule has 0 spiro atoms. The van der Waals surface area contributed by atoms with Crippen LogP contribution in [0.1, 0.15) is 91.4 Å². The first-order valence-corrected chi connectivity index (χ1v) is 23.0. The van der Waals surface area contributed by atoms with Crippen molar-refractivity contribution in [2.24, 2.45) is 11.8 Å². The number of phenolic OH excluding ortho intramolecular Hbond substituents is 3. The highest BCUT2D eigenvalue weighted by atomic mass is 16.5. The van der Waals surface area contributed by atoms with Gasteiger partial charge in [-0.15, -0.1) is 0 Å². The monoisotopic (exact) mass is 875 g/mol. The van der Waals surface area contributed by atoms with E-state index in [1.807, 2.05) is 37.4 Å². The molecule has 3 aliphatic heterocycles. The lowest BCUT2D eigenvalue weighted by Crippen LogP contribution is -2.48. The van der Waals surface area contributed by atoms with Crippen LogP contribution < -0.4 is 24.3 Å². The fourth-order valence-electron chi connectivity index (χ4n) is 10.7. The van der Waals surface area contributed by atoms with E-state index >= 15 is 0 Å². The van der Waals surface area contributed by atoms with Crippen LogP contribution >= 0.6 is 0 Å². The third-order valence-electron chi connectivity index (χ3n) is 13.6. The summed E-state index contributed by atoms with van der Waals surface area (Å²) >= 11 is 0. The van der Waals surface area contributed by atoms with E-state index in [1.165, 1.54) is 0 Å². The highest BCUT2D eigenvalue weighted by Gasteiger charge is 2.51. The number of phenols is 3. The first kappa shape index (κ1) is 44.0. The lowest BCUT2D eigenvalue weighted by Gasteiger charge is -2.48. The molecule has 0 amide bonds. The molecule has 64 heavy (non-hydrogen) atoms. The minimum Gasteiger partial charge on any atom is -0.508 e. The van der Waals surface area contributed by atoms with Gasteiger partial charge >= 0.3 is 0 Å². The number of likely N-dealkylation sites (N-methyl/N-ethyl adjacent to an activating group) is 1. The number of aromatic hydroxyl groups is 3. The van der Waals surface area contributed by atoms with Gasteiger partial charge in [0.15, 0.2) is 0 Å². The molecule has 6 atom stereocenters. The van der Waals surface area contributed by atoms with Crippen molar-refractivity contribution in [1.29, 1.82) is 0 Å². The Hall–Kier alpha value is -5.24. The van der Waals surface area contributed by atoms with E-state index in [4.69, 9.17) is 28.4 Å². The fourth-order valence-corrected chi connectivity index (χ4v) is 10.7. The van der Waals surface area contributed by atoms with Crippen molar-refractivity contribution in [2.75, 3.05) is 47.1 Å². The van der Waals surface area contributed by atoms with Crippen molar-refractivity contribution in [3.63, 3.8) is 0 Å². The summed E-state index contributed by atoms with van der Waals surface area (Å²) in [6.07, 6.45) is 5.24. The van der Waals surface area contributed by atoms with Crippen molar-refractivity contribution in [3.05, 3.63) is 101 Å². The SMILES string of the molecule is CNCC(CCO)OC1c2c3c(c4cc(O)ccc4c2OC(CCCOC)C1C1COc2c(Cc4cc(O)ccc4-c4cccc(O)c4)cc(OC4CCCC4)cc2C1O)OCCC3. The van der Waals surface area contributed by atoms with Crippen molar-refractivity contribution in [3.8, 4) is 51.4 Å². The average molecular weight is 876 g/mol. The standard InChI is InChI=1S/C52H61NO11/c1-53-28-37(18-19-54)63-52-46(45(13-7-20-59-2)64-51-40-17-15-35(57)26-42(40)50-41(47(51)52)12-6-21-60-50)44-29-61-49-32(25-38(27-43(49)48(44)58)62-36-10-3-4-11-36)22-31-24-34(56)14-16-39(31)30-8-5-9-33(55)23-30/h5,8-9,14-17,23-27,36-37,44-46,48,52-58H,3-4,6-7,10-13,18-22,28-29H2,1-2H3. The lowest BCUT2D eigenvalue weighted by molar-refractivity contribution is -0.135. The van der Waals surface area contributed by atoms with Crippen LogP contribution in [-0.2, 0) is 22.3 Å². The van der Waals surface area contributed by atoms with Gasteiger partial charge in [0.1, 0.15) is 46.4 Å². The Labute approximate surface area is 374 Å². The Morgan fingerprint density at radius 1 is 0.844 bits per heavy atom. The Morgan fingerprint density at radius 2 is 1.66 bits per heavy atom. The molecule has 0 aromatic heterocycles. The van der Waals surface area contributed by atoms with Gasteiger partial charge in [-0.25, -0.2) is 0 Å². The van der Waals surface area contributed by atoms with E-state index in [0.29, 0.717) is 80.4 Å². The summed E-state index contributed by atoms with van der Waals surface area (Å²) in [5.74, 6) is 2.06. The smallest absolute Gasteiger partial charge is 0.133 e. The number of aliphatic hydroxyl groups excluding tert-OH is 2. The van der Waals surface area contributed by atoms with E-state index in [1.54, 1.807) is 49.6 Å². The highest BCUT2D eigenvalue weighted by molar-refractivity contribution is 5.97. The molecule has 12 nitrogen and oxygen atoms in total. The van der Waals surface area contributed by atoms with Gasteiger partial charge < -0.3 is 59.3 Å². The summed E-state index contributed by atoms with van der Waals surface area (Å²) in [5, 5.41) is 60.1. The molecular weight excluding hydrogens is 815 g/mol. The topological polar surface area (TPSA) is 169 Å². The normalized spacial score (nSPS) is 22.2. The third-order valence-corrected chi connectivity index (χ3v) is 13.6. The van der Waals surface area contributed by atoms with Gasteiger partial charge in [-0.1, -0.05) is 18.2 Å². The van der Waals surface area contributed by atoms with Gasteiger partial charge in [0.2, 0.25) is 0 Å². The molecule has 1 aliphatic carbocycles. The predicted molar refractivity (Wildman–Crippen MR) is 243 cm³/mol. The second kappa shape index (κ2) is 19.5. The number of rotatable bonds is 16. The molecule has 6 N–H and O–H groups in total. The van der Waals surface area contributed by atoms with Gasteiger partial charge in [-0.2, -0.15) is 0 Å². The molecular formula is C52H61NO11. The van der Waals surface area contributed by atoms with Crippen LogP contribution in [0.2, 0.25) is 0 Å². The second-order valence-electron chi connectivity index (χ2n) is 17.9. The predicted octanol–water partition coefficient (Wildman–Crippen LogP) is 8.43. The van der Waals surface area contributed by atoms with Gasteiger partial charge in [0, 0.05) is 78.2 Å². The van der Waals surface area contributed by atoms with Crippen LogP contribution in [0, 0.1) is 11.8 Å². The summed E-state index contributed by atoms with van der Waals surface area (Å²) in [6, 6.07) is 21.5. The van der Waals surface area contributed by atoms with Crippen LogP contribution in [0.25, 0.3) is 21.9 Å². The van der Waals surface area contributed by atoms with E-state index in [0.717, 1.165) is 76.3 Å². The largest absolute Gasteiger partial charge is 0.508 e. The summed E-state index contributed by atoms with van der Waals surface area (Å²) in [5.41, 5.74) is 5.74. The molecule has 6 unspecified atom stereocenters. The second-order valence-corrected chi connectivity index (χ2v) is 17.9. The van der Waals surface area contributed by atoms with Crippen molar-refractivity contribution < 1.29 is 54.0 Å². The molecule has 340 valence electrons. The number of aliphatic hydroxyl groups is 2. The highest BCUT2D eigenvalue weighted by Crippen LogP contribution is 2.57. The Kier molecular flexibility index (Phi) is 13.4. The zero-order chi connectivity index (χ0) is 44.3. The maximum Gasteiger partial charge on any atom is 0.133 e. The fraction of sp³-hybridized carbons (Fsp3) is 0.462. The Morgan fingerprint density at radius 3 is 2.45 bits per heavy atom. The van der Waals surface area contributed by atoms with Crippen molar-refractivity contribution in [2.45, 2.75) is 94.7 Å². The minimum atomic E-state index is -1.03. The summed E-state index contributed by atoms with van der Waals surface area (Å²) < 4.78 is 40.2. The molecule has 4 aliphatic rings. The van der Waals surface area contributed by atoms with E-state index in [9.17, 15) is 25.5 Å². The number of fused-ring (bicyclic) bond motifs is 7. The number of hydrogen-bond acceptors (Lipinski definition) is 12. The van der Waals surface area contributed by atoms with Gasteiger partial charge in [-0.05, 0) is 136 Å². The first-order chi connectivity index (χ1) is 31.2. The molecule has 5 aromatic rings. The van der Waals surface area contributed by atoms with Crippen LogP contribution in [-0.4, -0.2) is 91.0 Å². The van der Waals surface area contributed by atoms with Gasteiger partial charge in [-0.3, -0.25) is 0 Å². The number of benzene rings is 5. The summed E-state index contributed by atoms with van der Waals surface area (Å²) in [6.45, 7) is 1.64. The summed E-state index contributed by atoms with van der Waals surface area (Å²) in [7, 11) is 3.56. The Bertz CT molecular complexity index is 2430. The number of nitrogens with one attached hydrogen (secondary N) is 1. The van der Waals surface area contributed by atoms with Gasteiger partial charge in [0.05, 0.1) is 37.6 Å². The number of hydrogen-bond donors (Lipinski definition) is 6. The van der Waals surface area contributed by atoms with E-state index < -0.39 is 30.1 Å². The molecule has 5 aromatic carbocycles. The molecule has 0 radical (unpaired) electrons. The maximum absolute atomic E-state index is 13.0. The third kappa shape index (κ3) is 8.91. The molecule has 1 fully saturated rings. The van der Waals surface area contributed by atoms with E-state index in [-0.39, 0.29) is 42.7 Å². The van der Waals surface area contributed by atoms with Gasteiger partial charge in [0.25, 0.3) is 0 Å². The molecule has 9 rings (SSSR count). The minimum absolute atomic E-state index is 0.0546. The van der Waals surface area contributed by atoms with Crippen molar-refractivity contribution >= 4 is 10.8 Å². The zero-order valence-corrected chi connectivity index (χ0v) is 36.8. The number of methoxy groups -OCH3 is 1. The van der Waals surface area contributed by atoms with E-state index in [2.05, 4.69) is 5.32 Å². The quantitative estimate of drug-likeness (QED) is 0.0525.